The van der Waals surface area contributed by atoms with Crippen molar-refractivity contribution >= 4 is 0 Å². The Bertz CT molecular complexity index is 1200. The summed E-state index contributed by atoms with van der Waals surface area (Å²) in [5.74, 6) is -0.464. The molecule has 0 unspecified atom stereocenters. The number of hydrogen-bond donors (Lipinski definition) is 6. The summed E-state index contributed by atoms with van der Waals surface area (Å²) in [5.41, 5.74) is 1.75. The van der Waals surface area contributed by atoms with Crippen molar-refractivity contribution in [2.45, 2.75) is 24.7 Å². The molecule has 6 N–H and O–H groups in total. The summed E-state index contributed by atoms with van der Waals surface area (Å²) in [6.45, 7) is 1.87. The van der Waals surface area contributed by atoms with E-state index in [2.05, 4.69) is 0 Å². The smallest absolute Gasteiger partial charge is 0.123 e. The molecule has 174 valence electrons. The molecule has 0 aliphatic rings. The summed E-state index contributed by atoms with van der Waals surface area (Å²) < 4.78 is 0. The van der Waals surface area contributed by atoms with E-state index in [1.807, 2.05) is 6.92 Å². The monoisotopic (exact) mass is 458 g/mol. The maximum Gasteiger partial charge on any atom is 0.123 e. The van der Waals surface area contributed by atoms with Gasteiger partial charge in [0.1, 0.15) is 34.5 Å². The van der Waals surface area contributed by atoms with Crippen LogP contribution in [0, 0.1) is 0 Å². The molecule has 0 aliphatic carbocycles. The van der Waals surface area contributed by atoms with Crippen LogP contribution in [0.2, 0.25) is 0 Å². The Morgan fingerprint density at radius 3 is 1.24 bits per heavy atom. The van der Waals surface area contributed by atoms with E-state index in [1.54, 1.807) is 60.7 Å². The minimum atomic E-state index is -0.976. The molecule has 0 radical (unpaired) electrons. The fraction of sp³-hybridized carbons (Fsp3) is 0.143. The van der Waals surface area contributed by atoms with Crippen molar-refractivity contribution in [3.8, 4) is 34.5 Å². The van der Waals surface area contributed by atoms with Crippen LogP contribution in [0.3, 0.4) is 0 Å². The van der Waals surface area contributed by atoms with Crippen LogP contribution >= 0.6 is 0 Å². The molecule has 0 aliphatic heterocycles. The lowest BCUT2D eigenvalue weighted by atomic mass is 9.67. The Hall–Kier alpha value is -4.32. The molecule has 34 heavy (non-hydrogen) atoms. The minimum absolute atomic E-state index is 0.0906. The second-order valence-electron chi connectivity index (χ2n) is 8.67. The summed E-state index contributed by atoms with van der Waals surface area (Å²) in [4.78, 5) is 0. The first-order chi connectivity index (χ1) is 16.2. The van der Waals surface area contributed by atoms with Gasteiger partial charge in [-0.1, -0.05) is 43.3 Å². The van der Waals surface area contributed by atoms with Crippen molar-refractivity contribution in [3.05, 3.63) is 107 Å². The van der Waals surface area contributed by atoms with Gasteiger partial charge in [-0.3, -0.25) is 0 Å². The predicted octanol–water partition coefficient (Wildman–Crippen LogP) is 5.45. The average Bonchev–Trinajstić information content (AvgIpc) is 2.78. The summed E-state index contributed by atoms with van der Waals surface area (Å²) in [5, 5.41) is 61.0. The van der Waals surface area contributed by atoms with Crippen LogP contribution in [0.5, 0.6) is 34.5 Å². The molecule has 4 aromatic carbocycles. The zero-order valence-corrected chi connectivity index (χ0v) is 18.6. The Morgan fingerprint density at radius 2 is 0.882 bits per heavy atom. The molecule has 4 rings (SSSR count). The molecule has 0 amide bonds. The fourth-order valence-electron chi connectivity index (χ4n) is 4.59. The summed E-state index contributed by atoms with van der Waals surface area (Å²) in [6.07, 6.45) is 0.360. The third-order valence-corrected chi connectivity index (χ3v) is 6.35. The zero-order chi connectivity index (χ0) is 24.5. The Balaban J connectivity index is 1.93. The first-order valence-corrected chi connectivity index (χ1v) is 10.8. The molecule has 0 aromatic heterocycles. The van der Waals surface area contributed by atoms with Crippen molar-refractivity contribution in [2.24, 2.45) is 0 Å². The lowest BCUT2D eigenvalue weighted by Gasteiger charge is -2.36. The van der Waals surface area contributed by atoms with E-state index in [1.165, 1.54) is 24.3 Å². The molecule has 0 atom stereocenters. The van der Waals surface area contributed by atoms with Gasteiger partial charge in [-0.15, -0.1) is 0 Å². The third kappa shape index (κ3) is 4.43. The molecular formula is C28H26O6. The van der Waals surface area contributed by atoms with Gasteiger partial charge in [-0.2, -0.15) is 0 Å². The van der Waals surface area contributed by atoms with Gasteiger partial charge < -0.3 is 30.6 Å². The first kappa shape index (κ1) is 22.9. The van der Waals surface area contributed by atoms with E-state index >= 15 is 0 Å². The molecule has 0 saturated heterocycles. The van der Waals surface area contributed by atoms with Crippen molar-refractivity contribution in [1.82, 2.24) is 0 Å². The Labute approximate surface area is 197 Å². The van der Waals surface area contributed by atoms with Gasteiger partial charge in [-0.25, -0.2) is 0 Å². The molecule has 4 aromatic rings. The number of phenolic OH excluding ortho intramolecular Hbond substituents is 6. The van der Waals surface area contributed by atoms with Gasteiger partial charge in [0.05, 0.1) is 0 Å². The van der Waals surface area contributed by atoms with Crippen LogP contribution in [0.25, 0.3) is 0 Å². The van der Waals surface area contributed by atoms with Crippen LogP contribution < -0.4 is 0 Å². The largest absolute Gasteiger partial charge is 0.508 e. The molecule has 6 nitrogen and oxygen atoms in total. The second-order valence-corrected chi connectivity index (χ2v) is 8.67. The van der Waals surface area contributed by atoms with Gasteiger partial charge in [0.25, 0.3) is 0 Å². The third-order valence-electron chi connectivity index (χ3n) is 6.35. The molecule has 0 spiro atoms. The highest BCUT2D eigenvalue weighted by Gasteiger charge is 2.37. The topological polar surface area (TPSA) is 121 Å². The molecule has 6 heteroatoms. The van der Waals surface area contributed by atoms with E-state index in [9.17, 15) is 30.6 Å². The number of rotatable bonds is 6. The van der Waals surface area contributed by atoms with Crippen molar-refractivity contribution in [2.75, 3.05) is 0 Å². The normalized spacial score (nSPS) is 11.6. The predicted molar refractivity (Wildman–Crippen MR) is 129 cm³/mol. The molecule has 0 bridgehead atoms. The maximum atomic E-state index is 10.8. The number of aromatic hydroxyl groups is 6. The van der Waals surface area contributed by atoms with Gasteiger partial charge in [0, 0.05) is 34.6 Å². The SMILES string of the molecule is CC(CC(c1ccc(O)cc1)c1ccc(O)cc1)(c1ccc(O)cc1O)c1ccc(O)cc1O. The van der Waals surface area contributed by atoms with E-state index in [0.717, 1.165) is 11.1 Å². The molecule has 0 saturated carbocycles. The lowest BCUT2D eigenvalue weighted by Crippen LogP contribution is -2.27. The molecular weight excluding hydrogens is 432 g/mol. The van der Waals surface area contributed by atoms with E-state index in [-0.39, 0.29) is 40.4 Å². The van der Waals surface area contributed by atoms with Crippen LogP contribution in [0.15, 0.2) is 84.9 Å². The highest BCUT2D eigenvalue weighted by molar-refractivity contribution is 5.55. The quantitative estimate of drug-likeness (QED) is 0.229. The van der Waals surface area contributed by atoms with Crippen LogP contribution in [0.4, 0.5) is 0 Å². The van der Waals surface area contributed by atoms with Crippen LogP contribution in [0.1, 0.15) is 41.5 Å². The first-order valence-electron chi connectivity index (χ1n) is 10.8. The van der Waals surface area contributed by atoms with Crippen molar-refractivity contribution in [3.63, 3.8) is 0 Å². The summed E-state index contributed by atoms with van der Waals surface area (Å²) >= 11 is 0. The van der Waals surface area contributed by atoms with Gasteiger partial charge >= 0.3 is 0 Å². The summed E-state index contributed by atoms with van der Waals surface area (Å²) in [7, 11) is 0. The lowest BCUT2D eigenvalue weighted by molar-refractivity contribution is 0.397. The number of hydrogen-bond acceptors (Lipinski definition) is 6. The second kappa shape index (κ2) is 8.90. The minimum Gasteiger partial charge on any atom is -0.508 e. The highest BCUT2D eigenvalue weighted by Crippen LogP contribution is 2.49. The fourth-order valence-corrected chi connectivity index (χ4v) is 4.59. The Kier molecular flexibility index (Phi) is 5.99. The summed E-state index contributed by atoms with van der Waals surface area (Å²) in [6, 6.07) is 22.3. The van der Waals surface area contributed by atoms with E-state index in [0.29, 0.717) is 17.5 Å². The maximum absolute atomic E-state index is 10.8. The Morgan fingerprint density at radius 1 is 0.529 bits per heavy atom. The van der Waals surface area contributed by atoms with Gasteiger partial charge in [0.2, 0.25) is 0 Å². The van der Waals surface area contributed by atoms with Crippen molar-refractivity contribution in [1.29, 1.82) is 0 Å². The highest BCUT2D eigenvalue weighted by atomic mass is 16.3. The van der Waals surface area contributed by atoms with Crippen molar-refractivity contribution < 1.29 is 30.6 Å². The number of phenols is 6. The molecule has 0 fully saturated rings. The van der Waals surface area contributed by atoms with Crippen LogP contribution in [-0.2, 0) is 5.41 Å². The van der Waals surface area contributed by atoms with Crippen LogP contribution in [-0.4, -0.2) is 30.6 Å². The molecule has 0 heterocycles. The standard InChI is InChI=1S/C28H26O6/c1-28(24-12-10-21(31)14-26(24)33,25-13-11-22(32)15-27(25)34)16-23(17-2-6-19(29)7-3-17)18-4-8-20(30)9-5-18/h2-15,23,29-34H,16H2,1H3. The zero-order valence-electron chi connectivity index (χ0n) is 18.6. The van der Waals surface area contributed by atoms with E-state index in [4.69, 9.17) is 0 Å². The number of benzene rings is 4. The van der Waals surface area contributed by atoms with Gasteiger partial charge in [-0.05, 0) is 53.9 Å². The van der Waals surface area contributed by atoms with Gasteiger partial charge in [0.15, 0.2) is 0 Å². The average molecular weight is 459 g/mol. The van der Waals surface area contributed by atoms with E-state index < -0.39 is 5.41 Å².